The molecule has 0 saturated carbocycles. The average Bonchev–Trinajstić information content (AvgIpc) is 2.82. The van der Waals surface area contributed by atoms with E-state index in [1.807, 2.05) is 14.1 Å². The number of hydrogen-bond acceptors (Lipinski definition) is 10. The fourth-order valence-corrected chi connectivity index (χ4v) is 2.27. The van der Waals surface area contributed by atoms with Crippen molar-refractivity contribution in [1.82, 2.24) is 15.5 Å². The Hall–Kier alpha value is -1.49. The molecule has 0 atom stereocenters. The van der Waals surface area contributed by atoms with Crippen molar-refractivity contribution in [3.8, 4) is 12.3 Å². The van der Waals surface area contributed by atoms with Gasteiger partial charge in [0, 0.05) is 26.2 Å². The molecule has 1 amide bonds. The summed E-state index contributed by atoms with van der Waals surface area (Å²) in [6.07, 6.45) is 4.66. The Kier molecular flexibility index (Phi) is 25.6. The first-order valence-corrected chi connectivity index (χ1v) is 11.4. The summed E-state index contributed by atoms with van der Waals surface area (Å²) >= 11 is 0. The van der Waals surface area contributed by atoms with Gasteiger partial charge in [0.25, 0.3) is 0 Å². The van der Waals surface area contributed by atoms with Gasteiger partial charge in [0.1, 0.15) is 13.2 Å². The van der Waals surface area contributed by atoms with E-state index in [9.17, 15) is 4.79 Å². The van der Waals surface area contributed by atoms with E-state index in [2.05, 4.69) is 16.6 Å². The molecule has 194 valence electrons. The number of likely N-dealkylation sites (N-methyl/N-ethyl adjacent to an activating group) is 2. The Bertz CT molecular complexity index is 451. The number of carbonyl (C=O) groups is 1. The Morgan fingerprint density at radius 3 is 1.55 bits per heavy atom. The summed E-state index contributed by atoms with van der Waals surface area (Å²) in [4.78, 5) is 13.9. The number of carbonyl (C=O) groups excluding carboxylic acids is 1. The van der Waals surface area contributed by atoms with Crippen LogP contribution in [-0.2, 0) is 33.2 Å². The van der Waals surface area contributed by atoms with Crippen LogP contribution < -0.4 is 10.6 Å². The lowest BCUT2D eigenvalue weighted by molar-refractivity contribution is -0.00671. The molecule has 33 heavy (non-hydrogen) atoms. The van der Waals surface area contributed by atoms with Crippen LogP contribution in [0.3, 0.4) is 0 Å². The lowest BCUT2D eigenvalue weighted by Crippen LogP contribution is -2.38. The van der Waals surface area contributed by atoms with Crippen molar-refractivity contribution < 1.29 is 38.0 Å². The average molecular weight is 478 g/mol. The van der Waals surface area contributed by atoms with E-state index >= 15 is 0 Å². The van der Waals surface area contributed by atoms with Crippen LogP contribution in [0.15, 0.2) is 0 Å². The van der Waals surface area contributed by atoms with Gasteiger partial charge in [0.15, 0.2) is 0 Å². The fourth-order valence-electron chi connectivity index (χ4n) is 2.27. The van der Waals surface area contributed by atoms with Crippen LogP contribution in [0, 0.1) is 12.3 Å². The topological polar surface area (TPSA) is 109 Å². The third-order valence-electron chi connectivity index (χ3n) is 4.02. The van der Waals surface area contributed by atoms with E-state index in [-0.39, 0.29) is 6.61 Å². The molecule has 0 spiro atoms. The molecule has 0 aromatic rings. The van der Waals surface area contributed by atoms with Crippen molar-refractivity contribution in [2.75, 3.05) is 126 Å². The highest BCUT2D eigenvalue weighted by molar-refractivity contribution is 5.67. The van der Waals surface area contributed by atoms with Crippen LogP contribution in [0.2, 0.25) is 0 Å². The van der Waals surface area contributed by atoms with E-state index < -0.39 is 6.09 Å². The molecule has 0 aromatic heterocycles. The molecule has 0 bridgehead atoms. The summed E-state index contributed by atoms with van der Waals surface area (Å²) in [5, 5.41) is 6.01. The number of amides is 1. The van der Waals surface area contributed by atoms with Crippen molar-refractivity contribution in [1.29, 1.82) is 0 Å². The summed E-state index contributed by atoms with van der Waals surface area (Å²) in [6.45, 7) is 7.91. The molecule has 11 nitrogen and oxygen atoms in total. The molecule has 0 aliphatic rings. The second-order valence-electron chi connectivity index (χ2n) is 6.63. The van der Waals surface area contributed by atoms with Gasteiger partial charge in [-0.05, 0) is 14.1 Å². The Morgan fingerprint density at radius 2 is 1.09 bits per heavy atom. The van der Waals surface area contributed by atoms with E-state index in [1.54, 1.807) is 4.90 Å². The normalized spacial score (nSPS) is 10.8. The van der Waals surface area contributed by atoms with Gasteiger partial charge in [-0.25, -0.2) is 4.79 Å². The molecule has 0 fully saturated rings. The van der Waals surface area contributed by atoms with Crippen molar-refractivity contribution in [2.45, 2.75) is 0 Å². The summed E-state index contributed by atoms with van der Waals surface area (Å²) in [5.41, 5.74) is 0. The first-order valence-electron chi connectivity index (χ1n) is 11.4. The zero-order valence-electron chi connectivity index (χ0n) is 20.3. The van der Waals surface area contributed by atoms with Gasteiger partial charge >= 0.3 is 6.09 Å². The molecule has 0 rings (SSSR count). The summed E-state index contributed by atoms with van der Waals surface area (Å²) in [5.74, 6) is 2.39. The lowest BCUT2D eigenvalue weighted by atomic mass is 10.5. The molecule has 0 unspecified atom stereocenters. The van der Waals surface area contributed by atoms with Crippen LogP contribution in [0.5, 0.6) is 0 Å². The second-order valence-corrected chi connectivity index (χ2v) is 6.63. The van der Waals surface area contributed by atoms with Crippen molar-refractivity contribution in [3.63, 3.8) is 0 Å². The van der Waals surface area contributed by atoms with Gasteiger partial charge < -0.3 is 48.7 Å². The summed E-state index contributed by atoms with van der Waals surface area (Å²) < 4.78 is 37.5. The highest BCUT2D eigenvalue weighted by atomic mass is 16.6. The third-order valence-corrected chi connectivity index (χ3v) is 4.02. The fraction of sp³-hybridized carbons (Fsp3) is 0.864. The van der Waals surface area contributed by atoms with Crippen molar-refractivity contribution in [3.05, 3.63) is 0 Å². The minimum atomic E-state index is -0.410. The van der Waals surface area contributed by atoms with E-state index in [0.717, 1.165) is 13.1 Å². The van der Waals surface area contributed by atoms with Crippen LogP contribution in [0.1, 0.15) is 0 Å². The van der Waals surface area contributed by atoms with Crippen LogP contribution in [0.25, 0.3) is 0 Å². The predicted octanol–water partition coefficient (Wildman–Crippen LogP) is -0.403. The largest absolute Gasteiger partial charge is 0.447 e. The highest BCUT2D eigenvalue weighted by Gasteiger charge is 2.14. The maximum atomic E-state index is 12.4. The molecule has 0 radical (unpaired) electrons. The molecular weight excluding hydrogens is 434 g/mol. The number of terminal acetylenes is 1. The maximum absolute atomic E-state index is 12.4. The molecule has 0 saturated heterocycles. The zero-order chi connectivity index (χ0) is 24.2. The minimum Gasteiger partial charge on any atom is -0.447 e. The number of rotatable bonds is 25. The molecular formula is C22H43N3O8. The first-order chi connectivity index (χ1) is 16.3. The Labute approximate surface area is 198 Å². The third kappa shape index (κ3) is 23.5. The smallest absolute Gasteiger partial charge is 0.409 e. The van der Waals surface area contributed by atoms with Gasteiger partial charge in [-0.2, -0.15) is 0 Å². The van der Waals surface area contributed by atoms with E-state index in [0.29, 0.717) is 92.4 Å². The highest BCUT2D eigenvalue weighted by Crippen LogP contribution is 1.96. The lowest BCUT2D eigenvalue weighted by Gasteiger charge is -2.22. The Balaban J connectivity index is 3.77. The van der Waals surface area contributed by atoms with Crippen molar-refractivity contribution >= 4 is 6.09 Å². The van der Waals surface area contributed by atoms with Gasteiger partial charge in [-0.15, -0.1) is 6.42 Å². The summed E-state index contributed by atoms with van der Waals surface area (Å²) in [7, 11) is 3.72. The molecule has 2 N–H and O–H groups in total. The molecule has 0 aliphatic carbocycles. The molecule has 0 aromatic carbocycles. The second kappa shape index (κ2) is 26.8. The first kappa shape index (κ1) is 31.5. The molecule has 0 heterocycles. The van der Waals surface area contributed by atoms with Gasteiger partial charge in [-0.1, -0.05) is 5.92 Å². The van der Waals surface area contributed by atoms with Crippen molar-refractivity contribution in [2.24, 2.45) is 0 Å². The monoisotopic (exact) mass is 477 g/mol. The number of nitrogens with one attached hydrogen (secondary N) is 2. The van der Waals surface area contributed by atoms with Crippen LogP contribution in [0.4, 0.5) is 4.79 Å². The predicted molar refractivity (Wildman–Crippen MR) is 125 cm³/mol. The SMILES string of the molecule is C#CCOCCOCCOCCOCCOC(=O)N(CCOCCNC)CCOCCNC. The molecule has 0 aliphatic heterocycles. The van der Waals surface area contributed by atoms with E-state index in [1.165, 1.54) is 0 Å². The molecule has 11 heteroatoms. The zero-order valence-corrected chi connectivity index (χ0v) is 20.3. The van der Waals surface area contributed by atoms with Crippen LogP contribution in [-0.4, -0.2) is 137 Å². The van der Waals surface area contributed by atoms with Gasteiger partial charge in [-0.3, -0.25) is 0 Å². The van der Waals surface area contributed by atoms with Gasteiger partial charge in [0.05, 0.1) is 72.7 Å². The minimum absolute atomic E-state index is 0.164. The number of hydrogen-bond donors (Lipinski definition) is 2. The van der Waals surface area contributed by atoms with Crippen LogP contribution >= 0.6 is 0 Å². The number of nitrogens with zero attached hydrogens (tertiary/aromatic N) is 1. The standard InChI is InChI=1S/C22H43N3O8/c1-4-9-27-14-15-30-16-17-31-18-19-32-20-21-33-22(26)25(7-12-28-10-5-23-2)8-13-29-11-6-24-3/h1,23-24H,5-21H2,2-3H3. The quantitative estimate of drug-likeness (QED) is 0.133. The maximum Gasteiger partial charge on any atom is 0.409 e. The Morgan fingerprint density at radius 1 is 0.667 bits per heavy atom. The van der Waals surface area contributed by atoms with Gasteiger partial charge in [0.2, 0.25) is 0 Å². The summed E-state index contributed by atoms with van der Waals surface area (Å²) in [6, 6.07) is 0. The number of ether oxygens (including phenoxy) is 7. The van der Waals surface area contributed by atoms with E-state index in [4.69, 9.17) is 39.6 Å².